The van der Waals surface area contributed by atoms with E-state index in [1.165, 1.54) is 6.08 Å². The van der Waals surface area contributed by atoms with Crippen molar-refractivity contribution in [3.05, 3.63) is 71.8 Å². The lowest BCUT2D eigenvalue weighted by Crippen LogP contribution is -2.25. The minimum atomic E-state index is -1.05. The van der Waals surface area contributed by atoms with Crippen molar-refractivity contribution in [2.45, 2.75) is 18.6 Å². The number of esters is 1. The molecule has 5 nitrogen and oxygen atoms in total. The average molecular weight is 311 g/mol. The molecule has 0 heterocycles. The molecule has 2 aromatic rings. The Hall–Kier alpha value is -2.75. The molecular formula is C18H17NO4. The van der Waals surface area contributed by atoms with Crippen LogP contribution in [0.1, 0.15) is 23.7 Å². The molecule has 0 amide bonds. The summed E-state index contributed by atoms with van der Waals surface area (Å²) in [6.45, 7) is -0.272. The van der Waals surface area contributed by atoms with Gasteiger partial charge in [0.05, 0.1) is 0 Å². The summed E-state index contributed by atoms with van der Waals surface area (Å²) in [5.74, 6) is -0.667. The zero-order chi connectivity index (χ0) is 16.5. The van der Waals surface area contributed by atoms with Crippen molar-refractivity contribution in [1.82, 2.24) is 0 Å². The lowest BCUT2D eigenvalue weighted by molar-refractivity contribution is -0.149. The number of hydrogen-bond donors (Lipinski definition) is 1. The van der Waals surface area contributed by atoms with E-state index in [-0.39, 0.29) is 13.0 Å². The highest BCUT2D eigenvalue weighted by Gasteiger charge is 2.25. The highest BCUT2D eigenvalue weighted by molar-refractivity contribution is 5.77. The fourth-order valence-corrected chi connectivity index (χ4v) is 2.20. The molecule has 2 rings (SSSR count). The normalized spacial score (nSPS) is 11.6. The van der Waals surface area contributed by atoms with Gasteiger partial charge in [-0.25, -0.2) is 9.59 Å². The van der Waals surface area contributed by atoms with Gasteiger partial charge in [-0.1, -0.05) is 60.7 Å². The van der Waals surface area contributed by atoms with Gasteiger partial charge in [-0.3, -0.25) is 0 Å². The van der Waals surface area contributed by atoms with Crippen molar-refractivity contribution in [2.24, 2.45) is 4.99 Å². The molecule has 0 aliphatic carbocycles. The first-order valence-electron chi connectivity index (χ1n) is 7.24. The number of aliphatic hydroxyl groups excluding tert-OH is 1. The quantitative estimate of drug-likeness (QED) is 0.484. The third kappa shape index (κ3) is 4.61. The molecule has 0 saturated carbocycles. The van der Waals surface area contributed by atoms with Crippen LogP contribution in [0.15, 0.2) is 65.7 Å². The van der Waals surface area contributed by atoms with Crippen LogP contribution in [0, 0.1) is 0 Å². The monoisotopic (exact) mass is 311 g/mol. The second-order valence-corrected chi connectivity index (χ2v) is 4.89. The number of aliphatic hydroxyl groups is 1. The summed E-state index contributed by atoms with van der Waals surface area (Å²) in [5, 5.41) is 8.98. The molecule has 0 aliphatic heterocycles. The Balaban J connectivity index is 2.28. The summed E-state index contributed by atoms with van der Waals surface area (Å²) in [5.41, 5.74) is 1.62. The lowest BCUT2D eigenvalue weighted by atomic mass is 10.0. The summed E-state index contributed by atoms with van der Waals surface area (Å²) < 4.78 is 5.57. The molecule has 1 unspecified atom stereocenters. The smallest absolute Gasteiger partial charge is 0.332 e. The van der Waals surface area contributed by atoms with Crippen LogP contribution >= 0.6 is 0 Å². The van der Waals surface area contributed by atoms with Crippen LogP contribution in [0.25, 0.3) is 0 Å². The van der Waals surface area contributed by atoms with Crippen molar-refractivity contribution < 1.29 is 19.4 Å². The lowest BCUT2D eigenvalue weighted by Gasteiger charge is -2.20. The van der Waals surface area contributed by atoms with Crippen molar-refractivity contribution in [1.29, 1.82) is 0 Å². The Labute approximate surface area is 134 Å². The van der Waals surface area contributed by atoms with Crippen LogP contribution in [-0.4, -0.2) is 29.8 Å². The van der Waals surface area contributed by atoms with E-state index in [0.29, 0.717) is 0 Å². The predicted molar refractivity (Wildman–Crippen MR) is 84.4 cm³/mol. The molecule has 2 aromatic carbocycles. The average Bonchev–Trinajstić information content (AvgIpc) is 2.61. The number of carbonyl (C=O) groups excluding carboxylic acids is 2. The maximum atomic E-state index is 12.3. The van der Waals surface area contributed by atoms with Gasteiger partial charge in [-0.2, -0.15) is 4.99 Å². The number of carbonyl (C=O) groups is 1. The molecule has 118 valence electrons. The molecule has 5 heteroatoms. The molecule has 0 aromatic heterocycles. The molecule has 0 bridgehead atoms. The number of ether oxygens (including phenoxy) is 1. The highest BCUT2D eigenvalue weighted by atomic mass is 16.5. The number of nitrogens with zero attached hydrogens (tertiary/aromatic N) is 1. The Morgan fingerprint density at radius 2 is 1.57 bits per heavy atom. The zero-order valence-corrected chi connectivity index (χ0v) is 12.5. The van der Waals surface area contributed by atoms with Gasteiger partial charge in [-0.15, -0.1) is 0 Å². The first-order chi connectivity index (χ1) is 11.3. The fraction of sp³-hybridized carbons (Fsp3) is 0.222. The minimum absolute atomic E-state index is 0.0182. The topological polar surface area (TPSA) is 76.0 Å². The van der Waals surface area contributed by atoms with E-state index < -0.39 is 18.1 Å². The number of aliphatic imine (C=N–C) groups is 1. The molecular weight excluding hydrogens is 294 g/mol. The van der Waals surface area contributed by atoms with Crippen LogP contribution in [0.3, 0.4) is 0 Å². The maximum Gasteiger partial charge on any atom is 0.332 e. The Morgan fingerprint density at radius 3 is 2.00 bits per heavy atom. The van der Waals surface area contributed by atoms with E-state index in [9.17, 15) is 9.59 Å². The number of isocyanates is 1. The summed E-state index contributed by atoms with van der Waals surface area (Å²) in [4.78, 5) is 26.1. The van der Waals surface area contributed by atoms with E-state index >= 15 is 0 Å². The third-order valence-electron chi connectivity index (χ3n) is 3.32. The second-order valence-electron chi connectivity index (χ2n) is 4.89. The largest absolute Gasteiger partial charge is 0.451 e. The second kappa shape index (κ2) is 8.63. The van der Waals surface area contributed by atoms with E-state index in [1.54, 1.807) is 0 Å². The first kappa shape index (κ1) is 16.6. The van der Waals surface area contributed by atoms with Gasteiger partial charge in [0.15, 0.2) is 12.1 Å². The number of rotatable bonds is 7. The summed E-state index contributed by atoms with van der Waals surface area (Å²) in [7, 11) is 0. The van der Waals surface area contributed by atoms with Gasteiger partial charge in [0.1, 0.15) is 0 Å². The third-order valence-corrected chi connectivity index (χ3v) is 3.32. The van der Waals surface area contributed by atoms with Crippen molar-refractivity contribution in [3.8, 4) is 0 Å². The maximum absolute atomic E-state index is 12.3. The molecule has 1 N–H and O–H groups in total. The Morgan fingerprint density at radius 1 is 1.04 bits per heavy atom. The van der Waals surface area contributed by atoms with Crippen LogP contribution in [0.4, 0.5) is 0 Å². The standard InChI is InChI=1S/C18H17NO4/c20-12-11-16(19-13-21)18(22)23-17(14-7-3-1-4-8-14)15-9-5-2-6-10-15/h1-10,16-17,20H,11-12H2. The van der Waals surface area contributed by atoms with Gasteiger partial charge in [-0.05, 0) is 11.1 Å². The van der Waals surface area contributed by atoms with Crippen LogP contribution in [-0.2, 0) is 14.3 Å². The van der Waals surface area contributed by atoms with Crippen LogP contribution in [0.2, 0.25) is 0 Å². The van der Waals surface area contributed by atoms with E-state index in [1.807, 2.05) is 60.7 Å². The number of hydrogen-bond acceptors (Lipinski definition) is 5. The minimum Gasteiger partial charge on any atom is -0.451 e. The summed E-state index contributed by atoms with van der Waals surface area (Å²) in [6, 6.07) is 17.5. The molecule has 0 radical (unpaired) electrons. The van der Waals surface area contributed by atoms with Gasteiger partial charge < -0.3 is 9.84 Å². The van der Waals surface area contributed by atoms with Crippen LogP contribution in [0.5, 0.6) is 0 Å². The van der Waals surface area contributed by atoms with E-state index in [4.69, 9.17) is 9.84 Å². The van der Waals surface area contributed by atoms with Crippen molar-refractivity contribution in [2.75, 3.05) is 6.61 Å². The molecule has 0 saturated heterocycles. The Bertz CT molecular complexity index is 626. The molecule has 0 spiro atoms. The molecule has 23 heavy (non-hydrogen) atoms. The molecule has 0 aliphatic rings. The van der Waals surface area contributed by atoms with E-state index in [0.717, 1.165) is 11.1 Å². The molecule has 1 atom stereocenters. The Kier molecular flexibility index (Phi) is 6.24. The SMILES string of the molecule is O=C=NC(CCO)C(=O)OC(c1ccccc1)c1ccccc1. The fourth-order valence-electron chi connectivity index (χ4n) is 2.20. The van der Waals surface area contributed by atoms with E-state index in [2.05, 4.69) is 4.99 Å². The molecule has 0 fully saturated rings. The predicted octanol–water partition coefficient (Wildman–Crippen LogP) is 2.41. The van der Waals surface area contributed by atoms with Gasteiger partial charge in [0.2, 0.25) is 6.08 Å². The zero-order valence-electron chi connectivity index (χ0n) is 12.5. The van der Waals surface area contributed by atoms with Gasteiger partial charge >= 0.3 is 5.97 Å². The van der Waals surface area contributed by atoms with Gasteiger partial charge in [0, 0.05) is 13.0 Å². The van der Waals surface area contributed by atoms with Crippen molar-refractivity contribution in [3.63, 3.8) is 0 Å². The van der Waals surface area contributed by atoms with Crippen molar-refractivity contribution >= 4 is 12.0 Å². The van der Waals surface area contributed by atoms with Gasteiger partial charge in [0.25, 0.3) is 0 Å². The number of benzene rings is 2. The summed E-state index contributed by atoms with van der Waals surface area (Å²) >= 11 is 0. The first-order valence-corrected chi connectivity index (χ1v) is 7.24. The van der Waals surface area contributed by atoms with Crippen LogP contribution < -0.4 is 0 Å². The summed E-state index contributed by atoms with van der Waals surface area (Å²) in [6.07, 6.45) is 0.764. The highest BCUT2D eigenvalue weighted by Crippen LogP contribution is 2.26.